The van der Waals surface area contributed by atoms with Crippen LogP contribution in [-0.2, 0) is 13.5 Å². The minimum Gasteiger partial charge on any atom is -0.351 e. The molecule has 0 aliphatic carbocycles. The number of carbonyl (C=O) groups excluding carboxylic acids is 1. The van der Waals surface area contributed by atoms with Gasteiger partial charge in [0.15, 0.2) is 5.82 Å². The van der Waals surface area contributed by atoms with Gasteiger partial charge in [-0.1, -0.05) is 25.1 Å². The molecule has 0 radical (unpaired) electrons. The number of carbonyl (C=O) groups is 1. The smallest absolute Gasteiger partial charge is 0.252 e. The van der Waals surface area contributed by atoms with Crippen molar-refractivity contribution >= 4 is 16.8 Å². The van der Waals surface area contributed by atoms with Crippen LogP contribution in [0, 0.1) is 5.92 Å². The fraction of sp³-hybridized carbons (Fsp3) is 0.389. The lowest BCUT2D eigenvalue weighted by atomic mass is 10.1. The van der Waals surface area contributed by atoms with E-state index < -0.39 is 0 Å². The quantitative estimate of drug-likeness (QED) is 0.781. The molecule has 0 saturated carbocycles. The Balaban J connectivity index is 1.77. The highest BCUT2D eigenvalue weighted by Crippen LogP contribution is 2.20. The van der Waals surface area contributed by atoms with E-state index in [0.717, 1.165) is 17.3 Å². The molecular formula is C18H22N4O2. The minimum atomic E-state index is -0.343. The van der Waals surface area contributed by atoms with Gasteiger partial charge < -0.3 is 14.4 Å². The summed E-state index contributed by atoms with van der Waals surface area (Å²) in [6, 6.07) is 7.30. The van der Waals surface area contributed by atoms with Crippen LogP contribution >= 0.6 is 0 Å². The fourth-order valence-electron chi connectivity index (χ4n) is 2.73. The van der Waals surface area contributed by atoms with E-state index in [1.165, 1.54) is 0 Å². The molecule has 1 N–H and O–H groups in total. The molecule has 0 spiro atoms. The standard InChI is InChI=1S/C18H22N4O2/c1-11(2)10-16-20-18(24-21-16)12(3)19-17(23)14-6-5-7-15-13(14)8-9-22(15)4/h5-9,11-12H,10H2,1-4H3,(H,19,23)/t12-/m1/s1. The number of nitrogens with zero attached hydrogens (tertiary/aromatic N) is 3. The SMILES string of the molecule is CC(C)Cc1noc([C@@H](C)NC(=O)c2cccc3c2ccn3C)n1. The number of fused-ring (bicyclic) bond motifs is 1. The van der Waals surface area contributed by atoms with Crippen LogP contribution in [0.15, 0.2) is 35.0 Å². The summed E-state index contributed by atoms with van der Waals surface area (Å²) < 4.78 is 7.27. The summed E-state index contributed by atoms with van der Waals surface area (Å²) in [6.07, 6.45) is 2.70. The van der Waals surface area contributed by atoms with Crippen molar-refractivity contribution in [1.82, 2.24) is 20.0 Å². The molecule has 0 aliphatic rings. The molecule has 0 bridgehead atoms. The lowest BCUT2D eigenvalue weighted by Gasteiger charge is -2.10. The van der Waals surface area contributed by atoms with Crippen molar-refractivity contribution in [3.05, 3.63) is 47.7 Å². The van der Waals surface area contributed by atoms with Crippen LogP contribution in [0.4, 0.5) is 0 Å². The Kier molecular flexibility index (Phi) is 4.38. The van der Waals surface area contributed by atoms with Gasteiger partial charge in [0.25, 0.3) is 5.91 Å². The van der Waals surface area contributed by atoms with Crippen molar-refractivity contribution in [1.29, 1.82) is 0 Å². The van der Waals surface area contributed by atoms with Crippen molar-refractivity contribution in [3.8, 4) is 0 Å². The first-order valence-electron chi connectivity index (χ1n) is 8.13. The molecule has 1 aromatic carbocycles. The molecule has 6 heteroatoms. The molecule has 0 fully saturated rings. The van der Waals surface area contributed by atoms with E-state index in [4.69, 9.17) is 4.52 Å². The van der Waals surface area contributed by atoms with Crippen molar-refractivity contribution < 1.29 is 9.32 Å². The molecule has 3 rings (SSSR count). The maximum absolute atomic E-state index is 12.6. The third-order valence-corrected chi connectivity index (χ3v) is 3.97. The summed E-state index contributed by atoms with van der Waals surface area (Å²) in [4.78, 5) is 17.0. The van der Waals surface area contributed by atoms with Crippen LogP contribution in [-0.4, -0.2) is 20.6 Å². The predicted molar refractivity (Wildman–Crippen MR) is 91.6 cm³/mol. The van der Waals surface area contributed by atoms with Gasteiger partial charge in [0, 0.05) is 36.1 Å². The normalized spacial score (nSPS) is 12.7. The molecule has 24 heavy (non-hydrogen) atoms. The average Bonchev–Trinajstić information content (AvgIpc) is 3.14. The average molecular weight is 326 g/mol. The molecule has 3 aromatic rings. The maximum Gasteiger partial charge on any atom is 0.252 e. The minimum absolute atomic E-state index is 0.150. The van der Waals surface area contributed by atoms with Gasteiger partial charge in [-0.05, 0) is 31.0 Å². The number of hydrogen-bond donors (Lipinski definition) is 1. The highest BCUT2D eigenvalue weighted by Gasteiger charge is 2.19. The second-order valence-corrected chi connectivity index (χ2v) is 6.51. The highest BCUT2D eigenvalue weighted by atomic mass is 16.5. The van der Waals surface area contributed by atoms with Crippen molar-refractivity contribution in [2.75, 3.05) is 0 Å². The number of benzene rings is 1. The molecule has 6 nitrogen and oxygen atoms in total. The van der Waals surface area contributed by atoms with E-state index in [0.29, 0.717) is 23.2 Å². The van der Waals surface area contributed by atoms with Crippen LogP contribution in [0.2, 0.25) is 0 Å². The van der Waals surface area contributed by atoms with Crippen molar-refractivity contribution in [2.24, 2.45) is 13.0 Å². The summed E-state index contributed by atoms with van der Waals surface area (Å²) in [7, 11) is 1.96. The Morgan fingerprint density at radius 1 is 1.29 bits per heavy atom. The lowest BCUT2D eigenvalue weighted by molar-refractivity contribution is 0.0934. The van der Waals surface area contributed by atoms with Gasteiger partial charge in [0.2, 0.25) is 5.89 Å². The molecule has 2 heterocycles. The number of aryl methyl sites for hydroxylation is 1. The number of aromatic nitrogens is 3. The van der Waals surface area contributed by atoms with Crippen LogP contribution in [0.3, 0.4) is 0 Å². The summed E-state index contributed by atoms with van der Waals surface area (Å²) in [5.41, 5.74) is 1.66. The molecule has 0 saturated heterocycles. The Hall–Kier alpha value is -2.63. The van der Waals surface area contributed by atoms with E-state index >= 15 is 0 Å². The first kappa shape index (κ1) is 16.2. The van der Waals surface area contributed by atoms with Crippen LogP contribution < -0.4 is 5.32 Å². The molecular weight excluding hydrogens is 304 g/mol. The topological polar surface area (TPSA) is 73.0 Å². The molecule has 1 amide bonds. The molecule has 0 unspecified atom stereocenters. The molecule has 126 valence electrons. The van der Waals surface area contributed by atoms with E-state index in [2.05, 4.69) is 29.3 Å². The molecule has 1 atom stereocenters. The largest absolute Gasteiger partial charge is 0.351 e. The first-order chi connectivity index (χ1) is 11.5. The zero-order valence-electron chi connectivity index (χ0n) is 14.4. The van der Waals surface area contributed by atoms with Gasteiger partial charge in [0.05, 0.1) is 0 Å². The zero-order chi connectivity index (χ0) is 17.3. The van der Waals surface area contributed by atoms with E-state index in [9.17, 15) is 4.79 Å². The first-order valence-corrected chi connectivity index (χ1v) is 8.13. The molecule has 0 aliphatic heterocycles. The Labute approximate surface area is 140 Å². The number of amides is 1. The van der Waals surface area contributed by atoms with Gasteiger partial charge in [-0.25, -0.2) is 0 Å². The van der Waals surface area contributed by atoms with Gasteiger partial charge in [-0.2, -0.15) is 4.98 Å². The Morgan fingerprint density at radius 2 is 2.08 bits per heavy atom. The summed E-state index contributed by atoms with van der Waals surface area (Å²) in [6.45, 7) is 6.04. The van der Waals surface area contributed by atoms with E-state index in [1.54, 1.807) is 0 Å². The molecule has 2 aromatic heterocycles. The number of nitrogens with one attached hydrogen (secondary N) is 1. The van der Waals surface area contributed by atoms with Crippen LogP contribution in [0.5, 0.6) is 0 Å². The second kappa shape index (κ2) is 6.47. The van der Waals surface area contributed by atoms with Crippen molar-refractivity contribution in [2.45, 2.75) is 33.2 Å². The summed E-state index contributed by atoms with van der Waals surface area (Å²) >= 11 is 0. The second-order valence-electron chi connectivity index (χ2n) is 6.51. The monoisotopic (exact) mass is 326 g/mol. The van der Waals surface area contributed by atoms with Crippen LogP contribution in [0.25, 0.3) is 10.9 Å². The van der Waals surface area contributed by atoms with E-state index in [-0.39, 0.29) is 11.9 Å². The van der Waals surface area contributed by atoms with Crippen LogP contribution in [0.1, 0.15) is 48.9 Å². The fourth-order valence-corrected chi connectivity index (χ4v) is 2.73. The van der Waals surface area contributed by atoms with Gasteiger partial charge >= 0.3 is 0 Å². The van der Waals surface area contributed by atoms with Crippen molar-refractivity contribution in [3.63, 3.8) is 0 Å². The lowest BCUT2D eigenvalue weighted by Crippen LogP contribution is -2.27. The summed E-state index contributed by atoms with van der Waals surface area (Å²) in [5.74, 6) is 1.41. The maximum atomic E-state index is 12.6. The zero-order valence-corrected chi connectivity index (χ0v) is 14.4. The van der Waals surface area contributed by atoms with Gasteiger partial charge in [-0.15, -0.1) is 0 Å². The Morgan fingerprint density at radius 3 is 2.83 bits per heavy atom. The third kappa shape index (κ3) is 3.18. The van der Waals surface area contributed by atoms with Gasteiger partial charge in [0.1, 0.15) is 6.04 Å². The number of hydrogen-bond acceptors (Lipinski definition) is 4. The number of rotatable bonds is 5. The Bertz CT molecular complexity index is 863. The third-order valence-electron chi connectivity index (χ3n) is 3.97. The highest BCUT2D eigenvalue weighted by molar-refractivity contribution is 6.06. The predicted octanol–water partition coefficient (Wildman–Crippen LogP) is 3.25. The van der Waals surface area contributed by atoms with E-state index in [1.807, 2.05) is 49.0 Å². The summed E-state index contributed by atoms with van der Waals surface area (Å²) in [5, 5.41) is 7.83. The van der Waals surface area contributed by atoms with Gasteiger partial charge in [-0.3, -0.25) is 4.79 Å².